The van der Waals surface area contributed by atoms with Crippen LogP contribution < -0.4 is 16.1 Å². The molecule has 0 spiro atoms. The van der Waals surface area contributed by atoms with Crippen molar-refractivity contribution in [3.05, 3.63) is 66.4 Å². The predicted octanol–water partition coefficient (Wildman–Crippen LogP) is 2.14. The van der Waals surface area contributed by atoms with Crippen molar-refractivity contribution in [3.63, 3.8) is 0 Å². The largest absolute Gasteiger partial charge is 0.440 e. The minimum Gasteiger partial charge on any atom is -0.440 e. The molecule has 0 aromatic carbocycles. The zero-order chi connectivity index (χ0) is 16.7. The van der Waals surface area contributed by atoms with Gasteiger partial charge in [-0.2, -0.15) is 5.26 Å². The Morgan fingerprint density at radius 1 is 1.48 bits per heavy atom. The quantitative estimate of drug-likeness (QED) is 0.658. The Hall–Kier alpha value is -3.12. The highest BCUT2D eigenvalue weighted by molar-refractivity contribution is 7.13. The molecule has 23 heavy (non-hydrogen) atoms. The van der Waals surface area contributed by atoms with Gasteiger partial charge in [0.1, 0.15) is 23.2 Å². The van der Waals surface area contributed by atoms with E-state index in [2.05, 4.69) is 0 Å². The molecule has 3 rings (SSSR count). The molecule has 0 unspecified atom stereocenters. The number of rotatable bonds is 2. The molecule has 0 fully saturated rings. The number of ether oxygens (including phenoxy) is 1. The first kappa shape index (κ1) is 14.8. The molecule has 0 bridgehead atoms. The maximum atomic E-state index is 12.2. The summed E-state index contributed by atoms with van der Waals surface area (Å²) < 4.78 is 10.4. The van der Waals surface area contributed by atoms with Gasteiger partial charge in [-0.15, -0.1) is 0 Å². The van der Waals surface area contributed by atoms with Gasteiger partial charge in [-0.25, -0.2) is 4.79 Å². The topological polar surface area (TPSA) is 132 Å². The van der Waals surface area contributed by atoms with E-state index >= 15 is 0 Å². The zero-order valence-electron chi connectivity index (χ0n) is 11.7. The second-order valence-electron chi connectivity index (χ2n) is 4.82. The van der Waals surface area contributed by atoms with E-state index in [1.54, 1.807) is 6.92 Å². The number of thiophene rings is 1. The van der Waals surface area contributed by atoms with Crippen LogP contribution in [0.2, 0.25) is 0 Å². The molecular formula is C14H9N3O5S. The molecule has 3 heterocycles. The molecule has 1 aliphatic rings. The van der Waals surface area contributed by atoms with Gasteiger partial charge in [0.15, 0.2) is 0 Å². The molecule has 0 aliphatic carbocycles. The average Bonchev–Trinajstić information content (AvgIpc) is 2.95. The molecule has 0 saturated carbocycles. The first-order chi connectivity index (χ1) is 10.9. The third-order valence-corrected chi connectivity index (χ3v) is 4.27. The lowest BCUT2D eigenvalue weighted by Gasteiger charge is -2.24. The van der Waals surface area contributed by atoms with Crippen LogP contribution in [0.25, 0.3) is 0 Å². The summed E-state index contributed by atoms with van der Waals surface area (Å²) in [5.41, 5.74) is 5.64. The van der Waals surface area contributed by atoms with Gasteiger partial charge in [0.05, 0.1) is 16.4 Å². The highest BCUT2D eigenvalue weighted by Gasteiger charge is 2.35. The van der Waals surface area contributed by atoms with Crippen LogP contribution in [-0.4, -0.2) is 4.92 Å². The highest BCUT2D eigenvalue weighted by Crippen LogP contribution is 2.42. The van der Waals surface area contributed by atoms with Crippen LogP contribution in [0.1, 0.15) is 22.8 Å². The first-order valence-electron chi connectivity index (χ1n) is 6.37. The molecule has 1 atom stereocenters. The Morgan fingerprint density at radius 2 is 2.22 bits per heavy atom. The molecule has 0 saturated heterocycles. The fourth-order valence-corrected chi connectivity index (χ4v) is 3.19. The molecule has 2 aromatic rings. The Labute approximate surface area is 133 Å². The standard InChI is InChI=1S/C14H9N3O5S/c1-6-2-9-12(14(18)21-6)11(8(4-15)13(16)22-9)7-3-10(17(19)20)23-5-7/h2-3,5,11H,16H2,1H3/t11-/m1/s1. The molecular weight excluding hydrogens is 322 g/mol. The molecule has 9 heteroatoms. The lowest BCUT2D eigenvalue weighted by molar-refractivity contribution is -0.380. The molecule has 1 aliphatic heterocycles. The molecule has 2 aromatic heterocycles. The average molecular weight is 331 g/mol. The lowest BCUT2D eigenvalue weighted by Crippen LogP contribution is -2.26. The van der Waals surface area contributed by atoms with Gasteiger partial charge < -0.3 is 14.9 Å². The van der Waals surface area contributed by atoms with Gasteiger partial charge in [0.25, 0.3) is 0 Å². The van der Waals surface area contributed by atoms with Crippen LogP contribution in [0, 0.1) is 28.4 Å². The SMILES string of the molecule is Cc1cc2c(c(=O)o1)[C@H](c1csc([N+](=O)[O-])c1)C(C#N)=C(N)O2. The van der Waals surface area contributed by atoms with Crippen molar-refractivity contribution in [2.24, 2.45) is 5.73 Å². The normalized spacial score (nSPS) is 16.4. The van der Waals surface area contributed by atoms with E-state index in [0.29, 0.717) is 11.3 Å². The Balaban J connectivity index is 2.27. The van der Waals surface area contributed by atoms with Crippen molar-refractivity contribution in [3.8, 4) is 11.8 Å². The minimum absolute atomic E-state index is 0.0151. The predicted molar refractivity (Wildman–Crippen MR) is 80.0 cm³/mol. The van der Waals surface area contributed by atoms with E-state index in [4.69, 9.17) is 14.9 Å². The summed E-state index contributed by atoms with van der Waals surface area (Å²) in [6.45, 7) is 1.58. The maximum Gasteiger partial charge on any atom is 0.343 e. The second-order valence-corrected chi connectivity index (χ2v) is 5.71. The zero-order valence-corrected chi connectivity index (χ0v) is 12.5. The van der Waals surface area contributed by atoms with Gasteiger partial charge in [0.2, 0.25) is 5.88 Å². The van der Waals surface area contributed by atoms with Gasteiger partial charge >= 0.3 is 10.6 Å². The number of hydrogen-bond acceptors (Lipinski definition) is 8. The van der Waals surface area contributed by atoms with Crippen molar-refractivity contribution in [2.75, 3.05) is 0 Å². The van der Waals surface area contributed by atoms with Crippen molar-refractivity contribution in [1.82, 2.24) is 0 Å². The summed E-state index contributed by atoms with van der Waals surface area (Å²) in [5.74, 6) is -0.472. The maximum absolute atomic E-state index is 12.2. The number of fused-ring (bicyclic) bond motifs is 1. The first-order valence-corrected chi connectivity index (χ1v) is 7.25. The number of allylic oxidation sites excluding steroid dienone is 1. The molecule has 0 radical (unpaired) electrons. The molecule has 116 valence electrons. The number of nitriles is 1. The van der Waals surface area contributed by atoms with Gasteiger partial charge in [-0.05, 0) is 12.5 Å². The summed E-state index contributed by atoms with van der Waals surface area (Å²) in [4.78, 5) is 22.6. The second kappa shape index (κ2) is 5.26. The molecule has 2 N–H and O–H groups in total. The molecule has 8 nitrogen and oxygen atoms in total. The number of hydrogen-bond donors (Lipinski definition) is 1. The van der Waals surface area contributed by atoms with E-state index in [-0.39, 0.29) is 27.8 Å². The Morgan fingerprint density at radius 3 is 2.83 bits per heavy atom. The van der Waals surface area contributed by atoms with Crippen molar-refractivity contribution >= 4 is 16.3 Å². The fraction of sp³-hybridized carbons (Fsp3) is 0.143. The van der Waals surface area contributed by atoms with Crippen molar-refractivity contribution in [2.45, 2.75) is 12.8 Å². The number of nitrogens with two attached hydrogens (primary N) is 1. The highest BCUT2D eigenvalue weighted by atomic mass is 32.1. The van der Waals surface area contributed by atoms with E-state index in [1.807, 2.05) is 6.07 Å². The summed E-state index contributed by atoms with van der Waals surface area (Å²) in [6, 6.07) is 4.71. The van der Waals surface area contributed by atoms with Gasteiger partial charge in [-0.1, -0.05) is 11.3 Å². The lowest BCUT2D eigenvalue weighted by atomic mass is 9.86. The summed E-state index contributed by atoms with van der Waals surface area (Å²) in [7, 11) is 0. The Bertz CT molecular complexity index is 950. The monoisotopic (exact) mass is 331 g/mol. The van der Waals surface area contributed by atoms with Crippen LogP contribution in [0.15, 0.2) is 38.2 Å². The van der Waals surface area contributed by atoms with E-state index in [1.165, 1.54) is 17.5 Å². The van der Waals surface area contributed by atoms with Gasteiger partial charge in [0, 0.05) is 17.5 Å². The van der Waals surface area contributed by atoms with Crippen LogP contribution >= 0.6 is 11.3 Å². The minimum atomic E-state index is -0.856. The van der Waals surface area contributed by atoms with E-state index in [9.17, 15) is 20.2 Å². The van der Waals surface area contributed by atoms with Crippen LogP contribution in [0.5, 0.6) is 5.75 Å². The summed E-state index contributed by atoms with van der Waals surface area (Å²) in [6.07, 6.45) is 0. The third-order valence-electron chi connectivity index (χ3n) is 3.38. The number of nitro groups is 1. The van der Waals surface area contributed by atoms with Crippen LogP contribution in [0.3, 0.4) is 0 Å². The summed E-state index contributed by atoms with van der Waals surface area (Å²) >= 11 is 0.903. The van der Waals surface area contributed by atoms with Crippen LogP contribution in [0.4, 0.5) is 5.00 Å². The van der Waals surface area contributed by atoms with Crippen molar-refractivity contribution < 1.29 is 14.1 Å². The smallest absolute Gasteiger partial charge is 0.343 e. The number of nitrogens with zero attached hydrogens (tertiary/aromatic N) is 2. The third kappa shape index (κ3) is 2.35. The van der Waals surface area contributed by atoms with Gasteiger partial charge in [-0.3, -0.25) is 10.1 Å². The van der Waals surface area contributed by atoms with Crippen LogP contribution in [-0.2, 0) is 0 Å². The van der Waals surface area contributed by atoms with Crippen molar-refractivity contribution in [1.29, 1.82) is 5.26 Å². The summed E-state index contributed by atoms with van der Waals surface area (Å²) in [5, 5.41) is 21.6. The fourth-order valence-electron chi connectivity index (χ4n) is 2.44. The van der Waals surface area contributed by atoms with E-state index < -0.39 is 16.5 Å². The number of aryl methyl sites for hydroxylation is 1. The van der Waals surface area contributed by atoms with E-state index in [0.717, 1.165) is 11.3 Å². The molecule has 0 amide bonds. The Kier molecular flexibility index (Phi) is 3.38.